The van der Waals surface area contributed by atoms with Crippen LogP contribution in [0, 0.1) is 13.8 Å². The molecule has 3 nitrogen and oxygen atoms in total. The van der Waals surface area contributed by atoms with Crippen LogP contribution < -0.4 is 10.6 Å². The summed E-state index contributed by atoms with van der Waals surface area (Å²) in [7, 11) is 0. The molecule has 0 saturated carbocycles. The molecule has 108 valence electrons. The van der Waals surface area contributed by atoms with Gasteiger partial charge in [-0.3, -0.25) is 4.79 Å². The maximum Gasteiger partial charge on any atom is 0.258 e. The zero-order valence-corrected chi connectivity index (χ0v) is 12.5. The first kappa shape index (κ1) is 13.7. The molecule has 1 heterocycles. The van der Waals surface area contributed by atoms with Crippen molar-refractivity contribution in [1.29, 1.82) is 0 Å². The highest BCUT2D eigenvalue weighted by atomic mass is 16.2. The van der Waals surface area contributed by atoms with Gasteiger partial charge in [-0.25, -0.2) is 0 Å². The summed E-state index contributed by atoms with van der Waals surface area (Å²) in [6.45, 7) is 4.80. The molecule has 0 spiro atoms. The van der Waals surface area contributed by atoms with E-state index in [9.17, 15) is 4.79 Å². The van der Waals surface area contributed by atoms with E-state index in [1.165, 1.54) is 11.1 Å². The number of rotatable bonds is 1. The first-order valence-electron chi connectivity index (χ1n) is 7.34. The smallest absolute Gasteiger partial charge is 0.258 e. The van der Waals surface area contributed by atoms with Crippen molar-refractivity contribution in [3.05, 3.63) is 58.7 Å². The molecule has 21 heavy (non-hydrogen) atoms. The van der Waals surface area contributed by atoms with E-state index in [4.69, 9.17) is 5.73 Å². The van der Waals surface area contributed by atoms with Crippen molar-refractivity contribution in [1.82, 2.24) is 0 Å². The van der Waals surface area contributed by atoms with Crippen molar-refractivity contribution in [2.45, 2.75) is 26.7 Å². The van der Waals surface area contributed by atoms with Crippen LogP contribution in [0.15, 0.2) is 36.4 Å². The van der Waals surface area contributed by atoms with Crippen LogP contribution in [0.25, 0.3) is 0 Å². The molecule has 0 atom stereocenters. The van der Waals surface area contributed by atoms with Crippen molar-refractivity contribution in [2.75, 3.05) is 17.2 Å². The number of amides is 1. The molecule has 0 fully saturated rings. The molecule has 0 saturated heterocycles. The fourth-order valence-electron chi connectivity index (χ4n) is 3.03. The predicted octanol–water partition coefficient (Wildman–Crippen LogP) is 3.48. The molecule has 1 amide bonds. The summed E-state index contributed by atoms with van der Waals surface area (Å²) in [4.78, 5) is 14.8. The van der Waals surface area contributed by atoms with Crippen LogP contribution in [0.4, 0.5) is 11.4 Å². The molecule has 0 aliphatic carbocycles. The number of carbonyl (C=O) groups is 1. The molecular formula is C18H20N2O. The Hall–Kier alpha value is -2.29. The highest BCUT2D eigenvalue weighted by Gasteiger charge is 2.24. The fraction of sp³-hybridized carbons (Fsp3) is 0.278. The van der Waals surface area contributed by atoms with E-state index >= 15 is 0 Å². The molecule has 0 unspecified atom stereocenters. The largest absolute Gasteiger partial charge is 0.399 e. The number of carbonyl (C=O) groups excluding carboxylic acids is 1. The Labute approximate surface area is 125 Å². The number of hydrogen-bond donors (Lipinski definition) is 1. The average Bonchev–Trinajstić information content (AvgIpc) is 2.45. The summed E-state index contributed by atoms with van der Waals surface area (Å²) in [5.74, 6) is 0.0817. The van der Waals surface area contributed by atoms with Gasteiger partial charge < -0.3 is 10.6 Å². The Balaban J connectivity index is 2.00. The van der Waals surface area contributed by atoms with Gasteiger partial charge in [0.1, 0.15) is 0 Å². The number of hydrogen-bond acceptors (Lipinski definition) is 2. The van der Waals surface area contributed by atoms with Crippen LogP contribution >= 0.6 is 0 Å². The second-order valence-electron chi connectivity index (χ2n) is 5.77. The first-order valence-corrected chi connectivity index (χ1v) is 7.34. The van der Waals surface area contributed by atoms with E-state index < -0.39 is 0 Å². The minimum absolute atomic E-state index is 0.0817. The maximum absolute atomic E-state index is 12.9. The molecular weight excluding hydrogens is 260 g/mol. The quantitative estimate of drug-likeness (QED) is 0.813. The number of nitrogen functional groups attached to an aromatic ring is 1. The van der Waals surface area contributed by atoms with Crippen molar-refractivity contribution >= 4 is 17.3 Å². The Morgan fingerprint density at radius 3 is 2.71 bits per heavy atom. The van der Waals surface area contributed by atoms with E-state index in [0.29, 0.717) is 0 Å². The predicted molar refractivity (Wildman–Crippen MR) is 86.8 cm³/mol. The van der Waals surface area contributed by atoms with Gasteiger partial charge in [-0.05, 0) is 62.1 Å². The van der Waals surface area contributed by atoms with Gasteiger partial charge in [-0.1, -0.05) is 17.7 Å². The Kier molecular flexibility index (Phi) is 3.42. The zero-order valence-electron chi connectivity index (χ0n) is 12.5. The van der Waals surface area contributed by atoms with Crippen LogP contribution in [0.3, 0.4) is 0 Å². The van der Waals surface area contributed by atoms with Gasteiger partial charge in [0.05, 0.1) is 0 Å². The van der Waals surface area contributed by atoms with Crippen LogP contribution in [-0.2, 0) is 6.42 Å². The van der Waals surface area contributed by atoms with Crippen LogP contribution in [0.5, 0.6) is 0 Å². The van der Waals surface area contributed by atoms with Gasteiger partial charge in [0.2, 0.25) is 0 Å². The highest BCUT2D eigenvalue weighted by molar-refractivity contribution is 6.07. The first-order chi connectivity index (χ1) is 10.1. The Morgan fingerprint density at radius 2 is 1.95 bits per heavy atom. The topological polar surface area (TPSA) is 46.3 Å². The van der Waals surface area contributed by atoms with Crippen molar-refractivity contribution in [3.63, 3.8) is 0 Å². The number of nitrogens with two attached hydrogens (primary N) is 1. The molecule has 3 rings (SSSR count). The van der Waals surface area contributed by atoms with E-state index in [1.807, 2.05) is 49.1 Å². The van der Waals surface area contributed by atoms with Gasteiger partial charge >= 0.3 is 0 Å². The lowest BCUT2D eigenvalue weighted by atomic mass is 9.98. The van der Waals surface area contributed by atoms with E-state index in [-0.39, 0.29) is 5.91 Å². The third-order valence-corrected chi connectivity index (χ3v) is 4.08. The summed E-state index contributed by atoms with van der Waals surface area (Å²) in [6.07, 6.45) is 1.96. The molecule has 2 aromatic rings. The minimum Gasteiger partial charge on any atom is -0.399 e. The normalized spacial score (nSPS) is 13.9. The van der Waals surface area contributed by atoms with Crippen molar-refractivity contribution in [3.8, 4) is 0 Å². The second kappa shape index (κ2) is 5.24. The standard InChI is InChI=1S/C18H20N2O/c1-12-5-7-16(13(2)10-12)18(21)20-9-3-4-14-11-15(19)6-8-17(14)20/h5-8,10-11H,3-4,9,19H2,1-2H3. The third kappa shape index (κ3) is 2.51. The van der Waals surface area contributed by atoms with Gasteiger partial charge in [-0.15, -0.1) is 0 Å². The Bertz CT molecular complexity index is 706. The summed E-state index contributed by atoms with van der Waals surface area (Å²) in [5, 5.41) is 0. The van der Waals surface area contributed by atoms with Crippen molar-refractivity contribution in [2.24, 2.45) is 0 Å². The number of benzene rings is 2. The Morgan fingerprint density at radius 1 is 1.14 bits per heavy atom. The monoisotopic (exact) mass is 280 g/mol. The molecule has 0 radical (unpaired) electrons. The molecule has 2 N–H and O–H groups in total. The lowest BCUT2D eigenvalue weighted by molar-refractivity contribution is 0.0984. The summed E-state index contributed by atoms with van der Waals surface area (Å²) in [6, 6.07) is 11.8. The van der Waals surface area contributed by atoms with Crippen LogP contribution in [0.1, 0.15) is 33.5 Å². The van der Waals surface area contributed by atoms with Crippen LogP contribution in [0.2, 0.25) is 0 Å². The number of aryl methyl sites for hydroxylation is 3. The number of anilines is 2. The zero-order chi connectivity index (χ0) is 15.0. The summed E-state index contributed by atoms with van der Waals surface area (Å²) < 4.78 is 0. The fourth-order valence-corrected chi connectivity index (χ4v) is 3.03. The van der Waals surface area contributed by atoms with Crippen LogP contribution in [-0.4, -0.2) is 12.5 Å². The maximum atomic E-state index is 12.9. The van der Waals surface area contributed by atoms with Gasteiger partial charge in [0.25, 0.3) is 5.91 Å². The van der Waals surface area contributed by atoms with E-state index in [2.05, 4.69) is 6.07 Å². The van der Waals surface area contributed by atoms with Gasteiger partial charge in [0.15, 0.2) is 0 Å². The van der Waals surface area contributed by atoms with Gasteiger partial charge in [-0.2, -0.15) is 0 Å². The second-order valence-corrected chi connectivity index (χ2v) is 5.77. The SMILES string of the molecule is Cc1ccc(C(=O)N2CCCc3cc(N)ccc32)c(C)c1. The molecule has 3 heteroatoms. The summed E-state index contributed by atoms with van der Waals surface area (Å²) >= 11 is 0. The number of fused-ring (bicyclic) bond motifs is 1. The molecule has 1 aliphatic rings. The molecule has 1 aliphatic heterocycles. The third-order valence-electron chi connectivity index (χ3n) is 4.08. The van der Waals surface area contributed by atoms with Crippen molar-refractivity contribution < 1.29 is 4.79 Å². The number of nitrogens with zero attached hydrogens (tertiary/aromatic N) is 1. The van der Waals surface area contributed by atoms with E-state index in [1.54, 1.807) is 0 Å². The highest BCUT2D eigenvalue weighted by Crippen LogP contribution is 2.30. The summed E-state index contributed by atoms with van der Waals surface area (Å²) in [5.41, 5.74) is 11.8. The van der Waals surface area contributed by atoms with E-state index in [0.717, 1.165) is 41.9 Å². The lowest BCUT2D eigenvalue weighted by Gasteiger charge is -2.30. The molecule has 0 bridgehead atoms. The molecule has 0 aromatic heterocycles. The minimum atomic E-state index is 0.0817. The van der Waals surface area contributed by atoms with Gasteiger partial charge in [0, 0.05) is 23.5 Å². The molecule has 2 aromatic carbocycles. The average molecular weight is 280 g/mol. The lowest BCUT2D eigenvalue weighted by Crippen LogP contribution is -2.35.